The van der Waals surface area contributed by atoms with Gasteiger partial charge in [0.15, 0.2) is 6.61 Å². The van der Waals surface area contributed by atoms with Crippen molar-refractivity contribution in [3.8, 4) is 0 Å². The van der Waals surface area contributed by atoms with Gasteiger partial charge in [-0.1, -0.05) is 68.4 Å². The third-order valence-electron chi connectivity index (χ3n) is 6.96. The highest BCUT2D eigenvalue weighted by Crippen LogP contribution is 2.52. The third-order valence-corrected chi connectivity index (χ3v) is 6.96. The summed E-state index contributed by atoms with van der Waals surface area (Å²) in [6.45, 7) is 20.3. The molecular weight excluding hydrogens is 386 g/mol. The van der Waals surface area contributed by atoms with Crippen molar-refractivity contribution in [2.75, 3.05) is 13.2 Å². The first kappa shape index (κ1) is 23.8. The molecule has 1 amide bonds. The lowest BCUT2D eigenvalue weighted by Gasteiger charge is -2.39. The minimum atomic E-state index is -0.418. The first-order valence-electron chi connectivity index (χ1n) is 11.6. The van der Waals surface area contributed by atoms with Crippen molar-refractivity contribution in [2.45, 2.75) is 98.4 Å². The number of rotatable bonds is 3. The Morgan fingerprint density at radius 1 is 0.968 bits per heavy atom. The van der Waals surface area contributed by atoms with Gasteiger partial charge in [0.25, 0.3) is 5.91 Å². The van der Waals surface area contributed by atoms with Crippen LogP contribution in [0, 0.1) is 10.8 Å². The maximum Gasteiger partial charge on any atom is 0.338 e. The molecule has 1 aromatic carbocycles. The monoisotopic (exact) mass is 427 g/mol. The van der Waals surface area contributed by atoms with Gasteiger partial charge in [-0.3, -0.25) is 4.79 Å². The molecule has 1 aliphatic heterocycles. The second-order valence-electron chi connectivity index (χ2n) is 13.1. The summed E-state index contributed by atoms with van der Waals surface area (Å²) in [6, 6.07) is 6.26. The van der Waals surface area contributed by atoms with Gasteiger partial charge >= 0.3 is 5.97 Å². The van der Waals surface area contributed by atoms with Crippen LogP contribution in [-0.2, 0) is 20.4 Å². The molecule has 172 valence electrons. The molecule has 4 heteroatoms. The van der Waals surface area contributed by atoms with Crippen molar-refractivity contribution >= 4 is 11.9 Å². The number of benzene rings is 1. The number of esters is 1. The van der Waals surface area contributed by atoms with Crippen molar-refractivity contribution in [1.29, 1.82) is 0 Å². The Labute approximate surface area is 188 Å². The van der Waals surface area contributed by atoms with Crippen molar-refractivity contribution in [3.05, 3.63) is 34.9 Å². The smallest absolute Gasteiger partial charge is 0.338 e. The van der Waals surface area contributed by atoms with E-state index in [2.05, 4.69) is 68.4 Å². The number of carbonyl (C=O) groups excluding carboxylic acids is 2. The number of amides is 1. The van der Waals surface area contributed by atoms with E-state index in [0.29, 0.717) is 5.56 Å². The second-order valence-corrected chi connectivity index (χ2v) is 13.1. The van der Waals surface area contributed by atoms with E-state index in [-0.39, 0.29) is 40.2 Å². The van der Waals surface area contributed by atoms with Gasteiger partial charge in [0.2, 0.25) is 0 Å². The summed E-state index contributed by atoms with van der Waals surface area (Å²) in [5.41, 5.74) is 2.99. The van der Waals surface area contributed by atoms with Crippen molar-refractivity contribution < 1.29 is 14.3 Å². The first-order valence-corrected chi connectivity index (χ1v) is 11.6. The van der Waals surface area contributed by atoms with Crippen LogP contribution in [0.25, 0.3) is 0 Å². The fraction of sp³-hybridized carbons (Fsp3) is 0.704. The summed E-state index contributed by atoms with van der Waals surface area (Å²) in [6.07, 6.45) is 3.21. The summed E-state index contributed by atoms with van der Waals surface area (Å²) in [5.74, 6) is -0.485. The minimum Gasteiger partial charge on any atom is -0.452 e. The zero-order chi connectivity index (χ0) is 23.4. The molecule has 1 heterocycles. The van der Waals surface area contributed by atoms with E-state index in [1.54, 1.807) is 0 Å². The number of hydrogen-bond acceptors (Lipinski definition) is 3. The highest BCUT2D eigenvalue weighted by atomic mass is 16.5. The highest BCUT2D eigenvalue weighted by Gasteiger charge is 2.50. The maximum absolute atomic E-state index is 13.0. The number of fused-ring (bicyclic) bond motifs is 2. The fourth-order valence-corrected chi connectivity index (χ4v) is 5.66. The van der Waals surface area contributed by atoms with Gasteiger partial charge in [0.1, 0.15) is 0 Å². The molecule has 0 radical (unpaired) electrons. The molecular formula is C27H41NO3. The van der Waals surface area contributed by atoms with Crippen LogP contribution >= 0.6 is 0 Å². The van der Waals surface area contributed by atoms with Gasteiger partial charge in [-0.05, 0) is 64.2 Å². The predicted molar refractivity (Wildman–Crippen MR) is 125 cm³/mol. The van der Waals surface area contributed by atoms with Crippen LogP contribution in [0.1, 0.15) is 103 Å². The van der Waals surface area contributed by atoms with E-state index in [1.165, 1.54) is 0 Å². The summed E-state index contributed by atoms with van der Waals surface area (Å²) in [4.78, 5) is 27.9. The Morgan fingerprint density at radius 3 is 2.03 bits per heavy atom. The normalized spacial score (nSPS) is 25.5. The van der Waals surface area contributed by atoms with Crippen molar-refractivity contribution in [2.24, 2.45) is 10.8 Å². The molecule has 0 spiro atoms. The Kier molecular flexibility index (Phi) is 5.87. The van der Waals surface area contributed by atoms with Crippen LogP contribution in [0.4, 0.5) is 0 Å². The minimum absolute atomic E-state index is 0.0669. The molecule has 2 bridgehead atoms. The molecule has 0 unspecified atom stereocenters. The van der Waals surface area contributed by atoms with Gasteiger partial charge in [-0.15, -0.1) is 0 Å². The second kappa shape index (κ2) is 7.64. The number of likely N-dealkylation sites (tertiary alicyclic amines) is 1. The van der Waals surface area contributed by atoms with E-state index in [4.69, 9.17) is 4.74 Å². The molecule has 1 aromatic rings. The largest absolute Gasteiger partial charge is 0.452 e. The van der Waals surface area contributed by atoms with Gasteiger partial charge in [-0.2, -0.15) is 0 Å². The van der Waals surface area contributed by atoms with E-state index in [9.17, 15) is 9.59 Å². The molecule has 1 saturated carbocycles. The van der Waals surface area contributed by atoms with Crippen molar-refractivity contribution in [1.82, 2.24) is 4.90 Å². The molecule has 31 heavy (non-hydrogen) atoms. The predicted octanol–water partition coefficient (Wildman–Crippen LogP) is 5.87. The van der Waals surface area contributed by atoms with Crippen LogP contribution in [0.5, 0.6) is 0 Å². The molecule has 3 rings (SSSR count). The lowest BCUT2D eigenvalue weighted by molar-refractivity contribution is -0.135. The van der Waals surface area contributed by atoms with E-state index >= 15 is 0 Å². The Hall–Kier alpha value is -1.84. The summed E-state index contributed by atoms with van der Waals surface area (Å²) >= 11 is 0. The Balaban J connectivity index is 1.73. The number of ether oxygens (including phenoxy) is 1. The van der Waals surface area contributed by atoms with Gasteiger partial charge in [0, 0.05) is 12.6 Å². The molecule has 0 N–H and O–H groups in total. The average Bonchev–Trinajstić information content (AvgIpc) is 2.86. The Morgan fingerprint density at radius 2 is 1.52 bits per heavy atom. The zero-order valence-corrected chi connectivity index (χ0v) is 21.0. The number of nitrogens with zero attached hydrogens (tertiary/aromatic N) is 1. The molecule has 1 aliphatic carbocycles. The first-order chi connectivity index (χ1) is 14.0. The summed E-state index contributed by atoms with van der Waals surface area (Å²) in [5, 5.41) is 0. The van der Waals surface area contributed by atoms with Crippen LogP contribution in [-0.4, -0.2) is 36.0 Å². The summed E-state index contributed by atoms with van der Waals surface area (Å²) in [7, 11) is 0. The highest BCUT2D eigenvalue weighted by molar-refractivity contribution is 5.92. The van der Waals surface area contributed by atoms with E-state index in [0.717, 1.165) is 36.9 Å². The van der Waals surface area contributed by atoms with Crippen LogP contribution < -0.4 is 0 Å². The van der Waals surface area contributed by atoms with Crippen LogP contribution in [0.2, 0.25) is 0 Å². The number of hydrogen-bond donors (Lipinski definition) is 0. The molecule has 4 nitrogen and oxygen atoms in total. The molecule has 0 aromatic heterocycles. The van der Waals surface area contributed by atoms with Gasteiger partial charge in [-0.25, -0.2) is 4.79 Å². The molecule has 1 saturated heterocycles. The molecule has 2 atom stereocenters. The number of carbonyl (C=O) groups is 2. The standard InChI is InChI=1S/C27H41NO3/c1-24(2,3)19-10-18(11-20(12-19)25(4,5)6)23(30)31-15-22(29)28-17-27(9)14-21(28)13-26(7,8)16-27/h10-12,21H,13-17H2,1-9H3/t21-,27-/m1/s1. The van der Waals surface area contributed by atoms with Crippen LogP contribution in [0.15, 0.2) is 18.2 Å². The Bertz CT molecular complexity index is 839. The zero-order valence-electron chi connectivity index (χ0n) is 21.0. The van der Waals surface area contributed by atoms with Crippen molar-refractivity contribution in [3.63, 3.8) is 0 Å². The topological polar surface area (TPSA) is 46.6 Å². The lowest BCUT2D eigenvalue weighted by atomic mass is 9.65. The SMILES string of the molecule is CC1(C)C[C@@H]2C[C@@](C)(CN2C(=O)COC(=O)c2cc(C(C)(C)C)cc(C(C)(C)C)c2)C1. The lowest BCUT2D eigenvalue weighted by Crippen LogP contribution is -2.39. The quantitative estimate of drug-likeness (QED) is 0.567. The van der Waals surface area contributed by atoms with E-state index in [1.807, 2.05) is 17.0 Å². The van der Waals surface area contributed by atoms with E-state index < -0.39 is 5.97 Å². The maximum atomic E-state index is 13.0. The fourth-order valence-electron chi connectivity index (χ4n) is 5.66. The molecule has 2 fully saturated rings. The van der Waals surface area contributed by atoms with Gasteiger partial charge in [0.05, 0.1) is 5.56 Å². The average molecular weight is 428 g/mol. The molecule has 2 aliphatic rings. The summed E-state index contributed by atoms with van der Waals surface area (Å²) < 4.78 is 5.54. The third kappa shape index (κ3) is 5.32. The van der Waals surface area contributed by atoms with Crippen LogP contribution in [0.3, 0.4) is 0 Å². The van der Waals surface area contributed by atoms with Gasteiger partial charge < -0.3 is 9.64 Å².